The normalized spacial score (nSPS) is 25.0. The second-order valence-corrected chi connectivity index (χ2v) is 6.67. The lowest BCUT2D eigenvalue weighted by atomic mass is 9.77. The fourth-order valence-corrected chi connectivity index (χ4v) is 4.09. The van der Waals surface area contributed by atoms with Crippen molar-refractivity contribution in [1.29, 1.82) is 0 Å². The molecular weight excluding hydrogens is 266 g/mol. The lowest BCUT2D eigenvalue weighted by Gasteiger charge is -2.37. The zero-order valence-corrected chi connectivity index (χ0v) is 12.1. The Morgan fingerprint density at radius 1 is 1.53 bits per heavy atom. The van der Waals surface area contributed by atoms with Crippen LogP contribution in [0.25, 0.3) is 0 Å². The summed E-state index contributed by atoms with van der Waals surface area (Å²) in [5.74, 6) is 0.229. The maximum Gasteiger partial charge on any atom is 0.257 e. The second kappa shape index (κ2) is 5.60. The average Bonchev–Trinajstić information content (AvgIpc) is 2.81. The van der Waals surface area contributed by atoms with E-state index in [1.165, 1.54) is 16.9 Å². The molecule has 108 valence electrons. The number of aryl methyl sites for hydroxylation is 1. The first-order valence-corrected chi connectivity index (χ1v) is 8.18. The molecule has 1 aliphatic carbocycles. The fraction of sp³-hybridized carbons (Fsp3) is 0.750. The zero-order chi connectivity index (χ0) is 14.0. The number of hydrogen-bond donors (Lipinski definition) is 2. The van der Waals surface area contributed by atoms with Crippen molar-refractivity contribution in [3.8, 4) is 0 Å². The summed E-state index contributed by atoms with van der Waals surface area (Å²) >= 11 is 0. The monoisotopic (exact) mass is 287 g/mol. The van der Waals surface area contributed by atoms with Gasteiger partial charge in [-0.3, -0.25) is 4.68 Å². The predicted octanol–water partition coefficient (Wildman–Crippen LogP) is 0.731. The van der Waals surface area contributed by atoms with Gasteiger partial charge in [-0.25, -0.2) is 13.1 Å². The summed E-state index contributed by atoms with van der Waals surface area (Å²) in [5, 5.41) is 13.5. The van der Waals surface area contributed by atoms with E-state index in [2.05, 4.69) is 9.82 Å². The van der Waals surface area contributed by atoms with Crippen LogP contribution in [0, 0.1) is 5.92 Å². The highest BCUT2D eigenvalue weighted by Crippen LogP contribution is 2.32. The van der Waals surface area contributed by atoms with Crippen molar-refractivity contribution in [3.63, 3.8) is 0 Å². The van der Waals surface area contributed by atoms with Crippen molar-refractivity contribution < 1.29 is 13.5 Å². The molecule has 1 atom stereocenters. The van der Waals surface area contributed by atoms with Crippen LogP contribution in [0.5, 0.6) is 0 Å². The van der Waals surface area contributed by atoms with Crippen LogP contribution in [0.3, 0.4) is 0 Å². The lowest BCUT2D eigenvalue weighted by Crippen LogP contribution is -2.46. The van der Waals surface area contributed by atoms with Crippen LogP contribution in [0.4, 0.5) is 0 Å². The smallest absolute Gasteiger partial charge is 0.257 e. The van der Waals surface area contributed by atoms with E-state index in [0.29, 0.717) is 19.4 Å². The molecule has 1 fully saturated rings. The van der Waals surface area contributed by atoms with Crippen molar-refractivity contribution >= 4 is 10.0 Å². The molecule has 0 aromatic carbocycles. The summed E-state index contributed by atoms with van der Waals surface area (Å²) in [6.07, 6.45) is 3.29. The highest BCUT2D eigenvalue weighted by molar-refractivity contribution is 7.89. The van der Waals surface area contributed by atoms with Crippen molar-refractivity contribution in [2.45, 2.75) is 56.8 Å². The van der Waals surface area contributed by atoms with E-state index >= 15 is 0 Å². The quantitative estimate of drug-likeness (QED) is 0.808. The van der Waals surface area contributed by atoms with Crippen LogP contribution in [0.2, 0.25) is 0 Å². The average molecular weight is 287 g/mol. The Kier molecular flexibility index (Phi) is 4.27. The zero-order valence-electron chi connectivity index (χ0n) is 11.3. The summed E-state index contributed by atoms with van der Waals surface area (Å²) in [6, 6.07) is 1.39. The van der Waals surface area contributed by atoms with Crippen LogP contribution in [0.15, 0.2) is 17.3 Å². The van der Waals surface area contributed by atoms with E-state index in [0.717, 1.165) is 6.42 Å². The first-order valence-electron chi connectivity index (χ1n) is 6.70. The van der Waals surface area contributed by atoms with Crippen molar-refractivity contribution in [1.82, 2.24) is 14.5 Å². The molecule has 0 spiro atoms. The standard InChI is InChI=1S/C12H21N3O3S/c1-3-11(9-7-10(16)8-9)14-19(17,18)12-5-6-13-15(12)4-2/h5-6,9-11,14,16H,3-4,7-8H2,1-2H3/t9?,10?,11-/m1/s1. The van der Waals surface area contributed by atoms with E-state index in [4.69, 9.17) is 0 Å². The molecule has 0 bridgehead atoms. The number of nitrogens with zero attached hydrogens (tertiary/aromatic N) is 2. The number of sulfonamides is 1. The molecule has 7 heteroatoms. The summed E-state index contributed by atoms with van der Waals surface area (Å²) < 4.78 is 28.9. The van der Waals surface area contributed by atoms with Gasteiger partial charge >= 0.3 is 0 Å². The minimum Gasteiger partial charge on any atom is -0.393 e. The highest BCUT2D eigenvalue weighted by atomic mass is 32.2. The molecular formula is C12H21N3O3S. The van der Waals surface area contributed by atoms with Crippen LogP contribution in [-0.4, -0.2) is 35.5 Å². The largest absolute Gasteiger partial charge is 0.393 e. The van der Waals surface area contributed by atoms with Gasteiger partial charge in [0.25, 0.3) is 10.0 Å². The molecule has 1 saturated carbocycles. The Hall–Kier alpha value is -0.920. The van der Waals surface area contributed by atoms with Gasteiger partial charge in [0, 0.05) is 12.6 Å². The number of rotatable bonds is 6. The number of aliphatic hydroxyl groups is 1. The molecule has 0 amide bonds. The Labute approximate surface area is 113 Å². The van der Waals surface area contributed by atoms with E-state index in [9.17, 15) is 13.5 Å². The molecule has 1 aromatic rings. The third kappa shape index (κ3) is 2.98. The molecule has 1 aromatic heterocycles. The molecule has 1 aliphatic rings. The number of aliphatic hydroxyl groups excluding tert-OH is 1. The molecule has 0 saturated heterocycles. The van der Waals surface area contributed by atoms with Crippen molar-refractivity contribution in [2.24, 2.45) is 5.92 Å². The van der Waals surface area contributed by atoms with Gasteiger partial charge in [0.2, 0.25) is 0 Å². The van der Waals surface area contributed by atoms with Gasteiger partial charge in [-0.1, -0.05) is 6.92 Å². The van der Waals surface area contributed by atoms with Crippen molar-refractivity contribution in [2.75, 3.05) is 0 Å². The molecule has 1 heterocycles. The van der Waals surface area contributed by atoms with E-state index in [1.807, 2.05) is 13.8 Å². The number of nitrogens with one attached hydrogen (secondary N) is 1. The maximum atomic E-state index is 12.3. The number of hydrogen-bond acceptors (Lipinski definition) is 4. The Morgan fingerprint density at radius 3 is 2.74 bits per heavy atom. The molecule has 2 N–H and O–H groups in total. The topological polar surface area (TPSA) is 84.2 Å². The molecule has 6 nitrogen and oxygen atoms in total. The molecule has 2 rings (SSSR count). The van der Waals surface area contributed by atoms with Crippen LogP contribution in [0.1, 0.15) is 33.1 Å². The molecule has 0 radical (unpaired) electrons. The minimum atomic E-state index is -3.54. The summed E-state index contributed by atoms with van der Waals surface area (Å²) in [7, 11) is -3.54. The highest BCUT2D eigenvalue weighted by Gasteiger charge is 2.35. The van der Waals surface area contributed by atoms with Gasteiger partial charge in [-0.15, -0.1) is 0 Å². The predicted molar refractivity (Wildman–Crippen MR) is 71.0 cm³/mol. The third-order valence-corrected chi connectivity index (χ3v) is 5.23. The first kappa shape index (κ1) is 14.5. The van der Waals surface area contributed by atoms with Gasteiger partial charge in [0.15, 0.2) is 5.03 Å². The van der Waals surface area contributed by atoms with Crippen LogP contribution in [-0.2, 0) is 16.6 Å². The summed E-state index contributed by atoms with van der Waals surface area (Å²) in [5.41, 5.74) is 0. The van der Waals surface area contributed by atoms with Crippen LogP contribution >= 0.6 is 0 Å². The van der Waals surface area contributed by atoms with E-state index in [-0.39, 0.29) is 23.1 Å². The SMILES string of the molecule is CC[C@@H](NS(=O)(=O)c1ccnn1CC)C1CC(O)C1. The second-order valence-electron chi connectivity index (χ2n) is 5.01. The van der Waals surface area contributed by atoms with E-state index in [1.54, 1.807) is 0 Å². The Balaban J connectivity index is 2.12. The first-order chi connectivity index (χ1) is 8.97. The Morgan fingerprint density at radius 2 is 2.21 bits per heavy atom. The minimum absolute atomic E-state index is 0.117. The van der Waals surface area contributed by atoms with E-state index < -0.39 is 10.0 Å². The maximum absolute atomic E-state index is 12.3. The Bertz CT molecular complexity index is 520. The lowest BCUT2D eigenvalue weighted by molar-refractivity contribution is 0.0277. The third-order valence-electron chi connectivity index (χ3n) is 3.72. The van der Waals surface area contributed by atoms with Gasteiger partial charge in [0.05, 0.1) is 12.3 Å². The van der Waals surface area contributed by atoms with Gasteiger partial charge in [0.1, 0.15) is 0 Å². The molecule has 0 unspecified atom stereocenters. The summed E-state index contributed by atoms with van der Waals surface area (Å²) in [6.45, 7) is 4.32. The summed E-state index contributed by atoms with van der Waals surface area (Å²) in [4.78, 5) is 0. The van der Waals surface area contributed by atoms with Crippen LogP contribution < -0.4 is 4.72 Å². The van der Waals surface area contributed by atoms with Gasteiger partial charge < -0.3 is 5.11 Å². The molecule has 0 aliphatic heterocycles. The van der Waals surface area contributed by atoms with Gasteiger partial charge in [-0.2, -0.15) is 5.10 Å². The van der Waals surface area contributed by atoms with Gasteiger partial charge in [-0.05, 0) is 38.2 Å². The van der Waals surface area contributed by atoms with Crippen molar-refractivity contribution in [3.05, 3.63) is 12.3 Å². The fourth-order valence-electron chi connectivity index (χ4n) is 2.52. The number of aromatic nitrogens is 2. The molecule has 19 heavy (non-hydrogen) atoms.